The fraction of sp³-hybridized carbons (Fsp3) is 0.900. The molecule has 0 aliphatic heterocycles. The van der Waals surface area contributed by atoms with E-state index in [0.29, 0.717) is 11.0 Å². The van der Waals surface area contributed by atoms with Gasteiger partial charge in [-0.15, -0.1) is 0 Å². The molecule has 0 aromatic carbocycles. The highest BCUT2D eigenvalue weighted by Gasteiger charge is 2.16. The summed E-state index contributed by atoms with van der Waals surface area (Å²) < 4.78 is 25.5. The predicted molar refractivity (Wildman–Crippen MR) is 65.0 cm³/mol. The van der Waals surface area contributed by atoms with E-state index < -0.39 is 26.5 Å². The van der Waals surface area contributed by atoms with E-state index >= 15 is 0 Å². The minimum Gasteiger partial charge on any atom is -0.756 e. The lowest BCUT2D eigenvalue weighted by atomic mass is 10.4. The highest BCUT2D eigenvalue weighted by molar-refractivity contribution is 7.45. The molecule has 0 fully saturated rings. The first-order chi connectivity index (χ1) is 8.52. The molecule has 0 rings (SSSR count). The monoisotopic (exact) mass is 299 g/mol. The van der Waals surface area contributed by atoms with Crippen molar-refractivity contribution in [3.8, 4) is 0 Å². The second-order valence-corrected chi connectivity index (χ2v) is 6.46. The van der Waals surface area contributed by atoms with Gasteiger partial charge in [0.05, 0.1) is 27.7 Å². The average Bonchev–Trinajstić information content (AvgIpc) is 2.21. The van der Waals surface area contributed by atoms with Crippen molar-refractivity contribution >= 4 is 13.8 Å². The van der Waals surface area contributed by atoms with E-state index in [0.717, 1.165) is 0 Å². The Balaban J connectivity index is 3.89. The Morgan fingerprint density at radius 1 is 1.32 bits per heavy atom. The van der Waals surface area contributed by atoms with Gasteiger partial charge < -0.3 is 28.3 Å². The molecule has 0 saturated heterocycles. The Hall–Kier alpha value is -0.500. The van der Waals surface area contributed by atoms with Gasteiger partial charge in [0.2, 0.25) is 0 Å². The fourth-order valence-electron chi connectivity index (χ4n) is 0.903. The maximum absolute atomic E-state index is 11.3. The number of rotatable bonds is 9. The summed E-state index contributed by atoms with van der Waals surface area (Å²) in [7, 11) is 1.23. The summed E-state index contributed by atoms with van der Waals surface area (Å²) in [4.78, 5) is 21.8. The molecule has 0 bridgehead atoms. The van der Waals surface area contributed by atoms with E-state index in [1.165, 1.54) is 6.92 Å². The number of esters is 1. The molecule has 0 heterocycles. The maximum Gasteiger partial charge on any atom is 0.302 e. The van der Waals surface area contributed by atoms with Crippen LogP contribution < -0.4 is 4.89 Å². The smallest absolute Gasteiger partial charge is 0.302 e. The van der Waals surface area contributed by atoms with Crippen LogP contribution in [0.5, 0.6) is 0 Å². The number of carbonyl (C=O) groups excluding carboxylic acids is 1. The molecule has 19 heavy (non-hydrogen) atoms. The summed E-state index contributed by atoms with van der Waals surface area (Å²) in [5, 5.41) is 9.30. The third-order valence-electron chi connectivity index (χ3n) is 1.92. The topological polar surface area (TPSA) is 105 Å². The number of nitrogens with zero attached hydrogens (tertiary/aromatic N) is 1. The van der Waals surface area contributed by atoms with Crippen molar-refractivity contribution in [2.24, 2.45) is 0 Å². The Kier molecular flexibility index (Phi) is 7.73. The minimum absolute atomic E-state index is 0.00960. The zero-order valence-electron chi connectivity index (χ0n) is 11.7. The third-order valence-corrected chi connectivity index (χ3v) is 2.88. The molecule has 0 spiro atoms. The van der Waals surface area contributed by atoms with E-state index in [-0.39, 0.29) is 13.2 Å². The highest BCUT2D eigenvalue weighted by Crippen LogP contribution is 2.38. The predicted octanol–water partition coefficient (Wildman–Crippen LogP) is -0.882. The second kappa shape index (κ2) is 7.94. The van der Waals surface area contributed by atoms with Crippen LogP contribution in [0.1, 0.15) is 6.92 Å². The van der Waals surface area contributed by atoms with Crippen molar-refractivity contribution in [1.29, 1.82) is 0 Å². The van der Waals surface area contributed by atoms with Gasteiger partial charge in [0.25, 0.3) is 7.82 Å². The summed E-state index contributed by atoms with van der Waals surface area (Å²) in [6.45, 7) is 0.822. The van der Waals surface area contributed by atoms with Crippen LogP contribution in [0.3, 0.4) is 0 Å². The largest absolute Gasteiger partial charge is 0.756 e. The number of hydrogen-bond donors (Lipinski definition) is 1. The first-order valence-electron chi connectivity index (χ1n) is 5.74. The molecule has 0 aliphatic carbocycles. The first-order valence-corrected chi connectivity index (χ1v) is 7.20. The molecule has 0 aliphatic rings. The van der Waals surface area contributed by atoms with Gasteiger partial charge in [0.1, 0.15) is 25.9 Å². The molecule has 0 aromatic rings. The van der Waals surface area contributed by atoms with Gasteiger partial charge >= 0.3 is 5.97 Å². The molecule has 1 unspecified atom stereocenters. The number of phosphoric acid groups is 1. The summed E-state index contributed by atoms with van der Waals surface area (Å²) in [5.41, 5.74) is 0. The lowest BCUT2D eigenvalue weighted by Crippen LogP contribution is -2.37. The minimum atomic E-state index is -4.44. The molecular formula is C10H22NO7P. The highest BCUT2D eigenvalue weighted by atomic mass is 31.2. The van der Waals surface area contributed by atoms with Crippen molar-refractivity contribution in [2.75, 3.05) is 47.5 Å². The molecule has 8 nitrogen and oxygen atoms in total. The van der Waals surface area contributed by atoms with Crippen LogP contribution in [0, 0.1) is 0 Å². The lowest BCUT2D eigenvalue weighted by Gasteiger charge is -2.27. The van der Waals surface area contributed by atoms with Crippen LogP contribution in [-0.4, -0.2) is 69.2 Å². The number of likely N-dealkylation sites (N-methyl/N-ethyl adjacent to an activating group) is 1. The van der Waals surface area contributed by atoms with Crippen LogP contribution in [0.2, 0.25) is 0 Å². The number of carbonyl (C=O) groups is 1. The number of phosphoric ester groups is 1. The van der Waals surface area contributed by atoms with Crippen molar-refractivity contribution in [2.45, 2.75) is 13.0 Å². The Morgan fingerprint density at radius 3 is 2.37 bits per heavy atom. The number of aliphatic hydroxyl groups is 1. The molecule has 0 aromatic heterocycles. The number of hydrogen-bond acceptors (Lipinski definition) is 7. The zero-order valence-corrected chi connectivity index (χ0v) is 12.6. The van der Waals surface area contributed by atoms with Crippen LogP contribution >= 0.6 is 7.82 Å². The summed E-state index contributed by atoms with van der Waals surface area (Å²) in [6.07, 6.45) is -1.21. The van der Waals surface area contributed by atoms with Gasteiger partial charge in [-0.1, -0.05) is 0 Å². The van der Waals surface area contributed by atoms with Crippen LogP contribution in [0.15, 0.2) is 0 Å². The standard InChI is InChI=1S/C10H22NO7P/c1-9(12)16-7-10(13)8-18-19(14,15)17-6-5-11(2,3)4/h10,13H,5-8H2,1-4H3/t10-/m0/s1. The van der Waals surface area contributed by atoms with E-state index in [9.17, 15) is 19.4 Å². The zero-order chi connectivity index (χ0) is 15.1. The quantitative estimate of drug-likeness (QED) is 0.335. The van der Waals surface area contributed by atoms with Crippen LogP contribution in [0.25, 0.3) is 0 Å². The van der Waals surface area contributed by atoms with Crippen molar-refractivity contribution in [1.82, 2.24) is 0 Å². The molecule has 9 heteroatoms. The normalized spacial score (nSPS) is 16.7. The fourth-order valence-corrected chi connectivity index (χ4v) is 1.64. The maximum atomic E-state index is 11.3. The molecule has 114 valence electrons. The SMILES string of the molecule is CC(=O)OC[C@H](O)COP(=O)([O-])OCC[N+](C)(C)C. The van der Waals surface area contributed by atoms with E-state index in [1.807, 2.05) is 21.1 Å². The van der Waals surface area contributed by atoms with E-state index in [2.05, 4.69) is 13.8 Å². The average molecular weight is 299 g/mol. The summed E-state index contributed by atoms with van der Waals surface area (Å²) >= 11 is 0. The van der Waals surface area contributed by atoms with Gasteiger partial charge in [-0.2, -0.15) is 0 Å². The van der Waals surface area contributed by atoms with Crippen molar-refractivity contribution in [3.05, 3.63) is 0 Å². The van der Waals surface area contributed by atoms with Gasteiger partial charge in [-0.05, 0) is 0 Å². The molecule has 2 atom stereocenters. The van der Waals surface area contributed by atoms with Crippen molar-refractivity contribution < 1.29 is 37.6 Å². The third kappa shape index (κ3) is 12.3. The first kappa shape index (κ1) is 18.5. The summed E-state index contributed by atoms with van der Waals surface area (Å²) in [6, 6.07) is 0. The Morgan fingerprint density at radius 2 is 1.89 bits per heavy atom. The van der Waals surface area contributed by atoms with Gasteiger partial charge in [-0.3, -0.25) is 9.36 Å². The van der Waals surface area contributed by atoms with Gasteiger partial charge in [0.15, 0.2) is 0 Å². The van der Waals surface area contributed by atoms with Gasteiger partial charge in [-0.25, -0.2) is 0 Å². The molecular weight excluding hydrogens is 277 g/mol. The lowest BCUT2D eigenvalue weighted by molar-refractivity contribution is -0.870. The molecule has 0 saturated carbocycles. The molecule has 0 amide bonds. The summed E-state index contributed by atoms with van der Waals surface area (Å²) in [5.74, 6) is -0.566. The molecule has 1 N–H and O–H groups in total. The Bertz CT molecular complexity index is 328. The van der Waals surface area contributed by atoms with Crippen LogP contribution in [0.4, 0.5) is 0 Å². The number of quaternary nitrogens is 1. The van der Waals surface area contributed by atoms with Crippen molar-refractivity contribution in [3.63, 3.8) is 0 Å². The number of ether oxygens (including phenoxy) is 1. The van der Waals surface area contributed by atoms with Crippen LogP contribution in [-0.2, 0) is 23.1 Å². The second-order valence-electron chi connectivity index (χ2n) is 5.05. The van der Waals surface area contributed by atoms with Gasteiger partial charge in [0, 0.05) is 6.92 Å². The molecule has 0 radical (unpaired) electrons. The number of aliphatic hydroxyl groups excluding tert-OH is 1. The Labute approximate surface area is 113 Å². The van der Waals surface area contributed by atoms with E-state index in [4.69, 9.17) is 0 Å². The van der Waals surface area contributed by atoms with E-state index in [1.54, 1.807) is 0 Å².